The predicted octanol–water partition coefficient (Wildman–Crippen LogP) is 3.21. The van der Waals surface area contributed by atoms with Crippen LogP contribution in [0.1, 0.15) is 31.2 Å². The summed E-state index contributed by atoms with van der Waals surface area (Å²) in [7, 11) is 0. The highest BCUT2D eigenvalue weighted by Gasteiger charge is 2.22. The van der Waals surface area contributed by atoms with Crippen molar-refractivity contribution in [2.45, 2.75) is 32.6 Å². The van der Waals surface area contributed by atoms with E-state index in [1.807, 2.05) is 29.2 Å². The zero-order chi connectivity index (χ0) is 19.9. The van der Waals surface area contributed by atoms with E-state index in [-0.39, 0.29) is 24.7 Å². The average molecular weight is 422 g/mol. The van der Waals surface area contributed by atoms with Crippen LogP contribution in [0.25, 0.3) is 0 Å². The maximum atomic E-state index is 12.4. The molecule has 9 heteroatoms. The summed E-state index contributed by atoms with van der Waals surface area (Å²) < 4.78 is 0. The number of benzene rings is 1. The molecule has 1 saturated heterocycles. The summed E-state index contributed by atoms with van der Waals surface area (Å²) in [6.07, 6.45) is 2.19. The molecule has 1 aliphatic rings. The SMILES string of the molecule is CCCc1nnc(NC(=O)CCC(=O)N2CCN(c3cccc(Cl)c3)CC2)s1. The number of rotatable bonds is 7. The maximum absolute atomic E-state index is 12.4. The molecule has 2 heterocycles. The summed E-state index contributed by atoms with van der Waals surface area (Å²) in [5, 5.41) is 12.8. The number of hydrogen-bond donors (Lipinski definition) is 1. The van der Waals surface area contributed by atoms with Gasteiger partial charge in [0, 0.05) is 56.2 Å². The summed E-state index contributed by atoms with van der Waals surface area (Å²) in [5.41, 5.74) is 1.07. The minimum atomic E-state index is -0.204. The molecule has 0 saturated carbocycles. The Morgan fingerprint density at radius 1 is 1.18 bits per heavy atom. The number of carbonyl (C=O) groups is 2. The minimum Gasteiger partial charge on any atom is -0.368 e. The minimum absolute atomic E-state index is 0.00447. The highest BCUT2D eigenvalue weighted by Crippen LogP contribution is 2.21. The van der Waals surface area contributed by atoms with Crippen molar-refractivity contribution in [3.63, 3.8) is 0 Å². The average Bonchev–Trinajstić information content (AvgIpc) is 3.13. The molecule has 0 aliphatic carbocycles. The monoisotopic (exact) mass is 421 g/mol. The molecule has 1 aliphatic heterocycles. The van der Waals surface area contributed by atoms with Gasteiger partial charge in [-0.05, 0) is 24.6 Å². The van der Waals surface area contributed by atoms with E-state index in [1.165, 1.54) is 11.3 Å². The third-order valence-electron chi connectivity index (χ3n) is 4.55. The van der Waals surface area contributed by atoms with E-state index in [2.05, 4.69) is 27.3 Å². The Hall–Kier alpha value is -2.19. The number of aryl methyl sites for hydroxylation is 1. The third kappa shape index (κ3) is 5.65. The van der Waals surface area contributed by atoms with Gasteiger partial charge in [-0.1, -0.05) is 35.9 Å². The predicted molar refractivity (Wildman–Crippen MR) is 112 cm³/mol. The first-order valence-corrected chi connectivity index (χ1v) is 10.6. The molecule has 7 nitrogen and oxygen atoms in total. The standard InChI is InChI=1S/C19H24ClN5O2S/c1-2-4-17-22-23-19(28-17)21-16(26)7-8-18(27)25-11-9-24(10-12-25)15-6-3-5-14(20)13-15/h3,5-6,13H,2,4,7-12H2,1H3,(H,21,23,26). The Kier molecular flexibility index (Phi) is 7.22. The van der Waals surface area contributed by atoms with E-state index >= 15 is 0 Å². The number of amides is 2. The summed E-state index contributed by atoms with van der Waals surface area (Å²) in [5.74, 6) is -0.199. The molecule has 3 rings (SSSR count). The number of halogens is 1. The van der Waals surface area contributed by atoms with Gasteiger partial charge in [0.2, 0.25) is 16.9 Å². The van der Waals surface area contributed by atoms with Crippen LogP contribution in [0.2, 0.25) is 5.02 Å². The van der Waals surface area contributed by atoms with Crippen LogP contribution in [-0.2, 0) is 16.0 Å². The van der Waals surface area contributed by atoms with Gasteiger partial charge in [0.15, 0.2) is 0 Å². The highest BCUT2D eigenvalue weighted by atomic mass is 35.5. The second kappa shape index (κ2) is 9.84. The van der Waals surface area contributed by atoms with Crippen molar-refractivity contribution in [1.82, 2.24) is 15.1 Å². The summed E-state index contributed by atoms with van der Waals surface area (Å²) >= 11 is 7.44. The molecule has 0 unspecified atom stereocenters. The van der Waals surface area contributed by atoms with Crippen LogP contribution in [0.3, 0.4) is 0 Å². The van der Waals surface area contributed by atoms with E-state index in [9.17, 15) is 9.59 Å². The number of anilines is 2. The van der Waals surface area contributed by atoms with Crippen molar-refractivity contribution >= 4 is 45.6 Å². The molecular formula is C19H24ClN5O2S. The lowest BCUT2D eigenvalue weighted by Crippen LogP contribution is -2.48. The molecule has 2 amide bonds. The lowest BCUT2D eigenvalue weighted by atomic mass is 10.2. The number of aromatic nitrogens is 2. The molecule has 0 radical (unpaired) electrons. The van der Waals surface area contributed by atoms with Gasteiger partial charge in [-0.3, -0.25) is 9.59 Å². The lowest BCUT2D eigenvalue weighted by Gasteiger charge is -2.36. The molecule has 0 bridgehead atoms. The Morgan fingerprint density at radius 3 is 2.68 bits per heavy atom. The van der Waals surface area contributed by atoms with Gasteiger partial charge < -0.3 is 15.1 Å². The van der Waals surface area contributed by atoms with E-state index in [1.54, 1.807) is 0 Å². The molecule has 150 valence electrons. The second-order valence-electron chi connectivity index (χ2n) is 6.65. The number of nitrogens with zero attached hydrogens (tertiary/aromatic N) is 4. The van der Waals surface area contributed by atoms with E-state index in [4.69, 9.17) is 11.6 Å². The molecule has 0 spiro atoms. The Labute approximate surface area is 173 Å². The molecule has 1 fully saturated rings. The van der Waals surface area contributed by atoms with Crippen LogP contribution in [0, 0.1) is 0 Å². The molecule has 0 atom stereocenters. The highest BCUT2D eigenvalue weighted by molar-refractivity contribution is 7.15. The van der Waals surface area contributed by atoms with Crippen molar-refractivity contribution in [3.05, 3.63) is 34.3 Å². The topological polar surface area (TPSA) is 78.4 Å². The van der Waals surface area contributed by atoms with Crippen LogP contribution in [0.15, 0.2) is 24.3 Å². The fourth-order valence-electron chi connectivity index (χ4n) is 3.07. The van der Waals surface area contributed by atoms with Gasteiger partial charge in [-0.25, -0.2) is 0 Å². The number of nitrogens with one attached hydrogen (secondary N) is 1. The second-order valence-corrected chi connectivity index (χ2v) is 8.15. The van der Waals surface area contributed by atoms with Gasteiger partial charge >= 0.3 is 0 Å². The first-order valence-electron chi connectivity index (χ1n) is 9.45. The van der Waals surface area contributed by atoms with Crippen molar-refractivity contribution in [1.29, 1.82) is 0 Å². The first kappa shape index (κ1) is 20.5. The fourth-order valence-corrected chi connectivity index (χ4v) is 4.11. The van der Waals surface area contributed by atoms with Crippen molar-refractivity contribution < 1.29 is 9.59 Å². The van der Waals surface area contributed by atoms with E-state index in [0.717, 1.165) is 36.6 Å². The number of hydrogen-bond acceptors (Lipinski definition) is 6. The summed E-state index contributed by atoms with van der Waals surface area (Å²) in [6.45, 7) is 4.86. The van der Waals surface area contributed by atoms with E-state index in [0.29, 0.717) is 23.2 Å². The number of piperazine rings is 1. The molecule has 1 N–H and O–H groups in total. The van der Waals surface area contributed by atoms with Crippen LogP contribution in [0.5, 0.6) is 0 Å². The molecule has 1 aromatic heterocycles. The third-order valence-corrected chi connectivity index (χ3v) is 5.68. The number of carbonyl (C=O) groups excluding carboxylic acids is 2. The van der Waals surface area contributed by atoms with Gasteiger partial charge in [-0.2, -0.15) is 0 Å². The largest absolute Gasteiger partial charge is 0.368 e. The molecule has 1 aromatic carbocycles. The van der Waals surface area contributed by atoms with Crippen molar-refractivity contribution in [2.75, 3.05) is 36.4 Å². The Bertz CT molecular complexity index is 820. The molecular weight excluding hydrogens is 398 g/mol. The maximum Gasteiger partial charge on any atom is 0.226 e. The van der Waals surface area contributed by atoms with Crippen molar-refractivity contribution in [2.24, 2.45) is 0 Å². The van der Waals surface area contributed by atoms with Crippen LogP contribution >= 0.6 is 22.9 Å². The first-order chi connectivity index (χ1) is 13.5. The Balaban J connectivity index is 1.41. The van der Waals surface area contributed by atoms with Crippen LogP contribution in [0.4, 0.5) is 10.8 Å². The molecule has 28 heavy (non-hydrogen) atoms. The quantitative estimate of drug-likeness (QED) is 0.742. The van der Waals surface area contributed by atoms with Crippen LogP contribution < -0.4 is 10.2 Å². The van der Waals surface area contributed by atoms with Crippen LogP contribution in [-0.4, -0.2) is 53.1 Å². The summed E-state index contributed by atoms with van der Waals surface area (Å²) in [4.78, 5) is 28.5. The summed E-state index contributed by atoms with van der Waals surface area (Å²) in [6, 6.07) is 7.73. The van der Waals surface area contributed by atoms with Gasteiger partial charge in [-0.15, -0.1) is 10.2 Å². The van der Waals surface area contributed by atoms with Gasteiger partial charge in [0.05, 0.1) is 0 Å². The van der Waals surface area contributed by atoms with Gasteiger partial charge in [0.25, 0.3) is 0 Å². The fraction of sp³-hybridized carbons (Fsp3) is 0.474. The Morgan fingerprint density at radius 2 is 1.96 bits per heavy atom. The zero-order valence-corrected chi connectivity index (χ0v) is 17.4. The zero-order valence-electron chi connectivity index (χ0n) is 15.9. The smallest absolute Gasteiger partial charge is 0.226 e. The van der Waals surface area contributed by atoms with Gasteiger partial charge in [0.1, 0.15) is 5.01 Å². The van der Waals surface area contributed by atoms with E-state index < -0.39 is 0 Å². The van der Waals surface area contributed by atoms with Crippen molar-refractivity contribution in [3.8, 4) is 0 Å². The lowest BCUT2D eigenvalue weighted by molar-refractivity contribution is -0.133. The normalized spacial score (nSPS) is 14.2. The molecule has 2 aromatic rings.